The van der Waals surface area contributed by atoms with Crippen molar-refractivity contribution in [3.63, 3.8) is 0 Å². The minimum absolute atomic E-state index is 0.171. The van der Waals surface area contributed by atoms with Crippen LogP contribution in [0.2, 0.25) is 0 Å². The molecule has 5 unspecified atom stereocenters. The monoisotopic (exact) mass is 280 g/mol. The van der Waals surface area contributed by atoms with E-state index >= 15 is 0 Å². The van der Waals surface area contributed by atoms with Crippen LogP contribution in [0.4, 0.5) is 8.78 Å². The van der Waals surface area contributed by atoms with Gasteiger partial charge in [-0.3, -0.25) is 4.79 Å². The quantitative estimate of drug-likeness (QED) is 0.568. The number of halogens is 3. The normalized spacial score (nSPS) is 45.2. The average Bonchev–Trinajstić information content (AvgIpc) is 2.78. The highest BCUT2D eigenvalue weighted by Crippen LogP contribution is 2.60. The molecule has 5 atom stereocenters. The Hall–Kier alpha value is -0.910. The van der Waals surface area contributed by atoms with Crippen LogP contribution in [0.1, 0.15) is 19.8 Å². The molecule has 0 aromatic rings. The summed E-state index contributed by atoms with van der Waals surface area (Å²) >= 11 is 6.17. The largest absolute Gasteiger partial charge is 0.457 e. The maximum absolute atomic E-state index is 12.8. The van der Waals surface area contributed by atoms with Crippen molar-refractivity contribution in [3.05, 3.63) is 0 Å². The highest BCUT2D eigenvalue weighted by molar-refractivity contribution is 6.35. The van der Waals surface area contributed by atoms with Crippen LogP contribution < -0.4 is 0 Å². The van der Waals surface area contributed by atoms with Gasteiger partial charge in [0, 0.05) is 18.8 Å². The molecular formula is C11H11ClF2O4. The van der Waals surface area contributed by atoms with Crippen molar-refractivity contribution in [2.75, 3.05) is 0 Å². The van der Waals surface area contributed by atoms with Gasteiger partial charge in [0.1, 0.15) is 17.1 Å². The zero-order valence-electron chi connectivity index (χ0n) is 9.49. The Morgan fingerprint density at radius 1 is 1.61 bits per heavy atom. The van der Waals surface area contributed by atoms with Gasteiger partial charge in [-0.25, -0.2) is 4.79 Å². The molecule has 0 aromatic heterocycles. The second-order valence-corrected chi connectivity index (χ2v) is 5.97. The fourth-order valence-electron chi connectivity index (χ4n) is 3.27. The van der Waals surface area contributed by atoms with Gasteiger partial charge in [0.25, 0.3) is 0 Å². The van der Waals surface area contributed by atoms with Crippen LogP contribution in [-0.4, -0.2) is 34.9 Å². The number of carbonyl (C=O) groups is 2. The molecule has 2 saturated carbocycles. The lowest BCUT2D eigenvalue weighted by Gasteiger charge is -2.28. The van der Waals surface area contributed by atoms with Crippen LogP contribution in [0.15, 0.2) is 0 Å². The van der Waals surface area contributed by atoms with E-state index in [2.05, 4.69) is 0 Å². The Balaban J connectivity index is 1.79. The molecule has 1 heterocycles. The predicted molar refractivity (Wildman–Crippen MR) is 55.2 cm³/mol. The zero-order valence-corrected chi connectivity index (χ0v) is 10.2. The maximum Gasteiger partial charge on any atom is 0.377 e. The Morgan fingerprint density at radius 2 is 2.28 bits per heavy atom. The summed E-state index contributed by atoms with van der Waals surface area (Å²) in [6.07, 6.45) is -0.554. The van der Waals surface area contributed by atoms with Gasteiger partial charge in [0.05, 0.1) is 0 Å². The number of ether oxygens (including phenoxy) is 2. The van der Waals surface area contributed by atoms with Crippen molar-refractivity contribution in [2.45, 2.75) is 42.8 Å². The first-order valence-electron chi connectivity index (χ1n) is 5.72. The summed E-state index contributed by atoms with van der Waals surface area (Å²) in [6, 6.07) is 0. The summed E-state index contributed by atoms with van der Waals surface area (Å²) < 4.78 is 35.5. The summed E-state index contributed by atoms with van der Waals surface area (Å²) in [4.78, 5) is 21.8. The lowest BCUT2D eigenvalue weighted by atomic mass is 9.87. The van der Waals surface area contributed by atoms with Crippen LogP contribution >= 0.6 is 11.6 Å². The highest BCUT2D eigenvalue weighted by Gasteiger charge is 2.71. The van der Waals surface area contributed by atoms with Crippen molar-refractivity contribution < 1.29 is 27.8 Å². The molecule has 3 aliphatic rings. The molecule has 100 valence electrons. The molecule has 0 N–H and O–H groups in total. The van der Waals surface area contributed by atoms with Crippen LogP contribution in [0.5, 0.6) is 0 Å². The Morgan fingerprint density at radius 3 is 2.89 bits per heavy atom. The van der Waals surface area contributed by atoms with E-state index in [-0.39, 0.29) is 11.8 Å². The molecule has 3 rings (SSSR count). The molecule has 0 spiro atoms. The molecule has 3 fully saturated rings. The number of carbonyl (C=O) groups excluding carboxylic acids is 2. The average molecular weight is 281 g/mol. The topological polar surface area (TPSA) is 52.6 Å². The van der Waals surface area contributed by atoms with Crippen molar-refractivity contribution in [3.8, 4) is 0 Å². The molecule has 0 aromatic carbocycles. The molecule has 0 amide bonds. The molecule has 0 radical (unpaired) electrons. The van der Waals surface area contributed by atoms with E-state index < -0.39 is 34.9 Å². The molecule has 1 aliphatic heterocycles. The van der Waals surface area contributed by atoms with Crippen LogP contribution in [-0.2, 0) is 19.1 Å². The fraction of sp³-hybridized carbons (Fsp3) is 0.818. The lowest BCUT2D eigenvalue weighted by molar-refractivity contribution is -0.183. The van der Waals surface area contributed by atoms with Crippen molar-refractivity contribution in [1.82, 2.24) is 0 Å². The first-order valence-corrected chi connectivity index (χ1v) is 6.10. The van der Waals surface area contributed by atoms with Crippen molar-refractivity contribution in [2.24, 2.45) is 11.8 Å². The molecule has 2 bridgehead atoms. The first-order chi connectivity index (χ1) is 8.23. The van der Waals surface area contributed by atoms with E-state index in [0.717, 1.165) is 0 Å². The van der Waals surface area contributed by atoms with Gasteiger partial charge in [-0.2, -0.15) is 8.78 Å². The second-order valence-electron chi connectivity index (χ2n) is 5.30. The van der Waals surface area contributed by atoms with Gasteiger partial charge in [0.15, 0.2) is 0 Å². The number of fused-ring (bicyclic) bond motifs is 1. The lowest BCUT2D eigenvalue weighted by Crippen LogP contribution is -2.43. The van der Waals surface area contributed by atoms with Gasteiger partial charge in [-0.05, 0) is 12.8 Å². The summed E-state index contributed by atoms with van der Waals surface area (Å²) in [6.45, 7) is 0.481. The van der Waals surface area contributed by atoms with Gasteiger partial charge in [-0.1, -0.05) is 0 Å². The van der Waals surface area contributed by atoms with E-state index in [0.29, 0.717) is 19.8 Å². The van der Waals surface area contributed by atoms with Crippen LogP contribution in [0.3, 0.4) is 0 Å². The minimum Gasteiger partial charge on any atom is -0.457 e. The predicted octanol–water partition coefficient (Wildman–Crippen LogP) is 1.50. The Bertz CT molecular complexity index is 435. The molecule has 4 nitrogen and oxygen atoms in total. The third-order valence-electron chi connectivity index (χ3n) is 4.07. The number of esters is 2. The second kappa shape index (κ2) is 3.35. The molecule has 2 aliphatic carbocycles. The summed E-state index contributed by atoms with van der Waals surface area (Å²) in [5, 5.41) is 0. The SMILES string of the molecule is CC(F)(F)C(=O)OC1C2CC3C1OC(=O)C3(Cl)C2. The van der Waals surface area contributed by atoms with Gasteiger partial charge >= 0.3 is 17.9 Å². The number of rotatable bonds is 2. The van der Waals surface area contributed by atoms with Gasteiger partial charge in [-0.15, -0.1) is 11.6 Å². The molecular weight excluding hydrogens is 270 g/mol. The van der Waals surface area contributed by atoms with Gasteiger partial charge in [0.2, 0.25) is 0 Å². The number of alkyl halides is 3. The van der Waals surface area contributed by atoms with E-state index in [1.165, 1.54) is 0 Å². The number of hydrogen-bond acceptors (Lipinski definition) is 4. The molecule has 18 heavy (non-hydrogen) atoms. The Labute approximate surface area is 107 Å². The first kappa shape index (κ1) is 12.1. The number of hydrogen-bond donors (Lipinski definition) is 0. The van der Waals surface area contributed by atoms with E-state index in [9.17, 15) is 18.4 Å². The molecule has 1 saturated heterocycles. The third-order valence-corrected chi connectivity index (χ3v) is 4.66. The standard InChI is InChI=1S/C11H11ClF2O4/c1-10(13,14)8(15)17-6-4-2-5-7(6)18-9(16)11(5,12)3-4/h4-7H,2-3H2,1H3. The van der Waals surface area contributed by atoms with Gasteiger partial charge < -0.3 is 9.47 Å². The third kappa shape index (κ3) is 1.41. The van der Waals surface area contributed by atoms with E-state index in [1.807, 2.05) is 0 Å². The molecule has 7 heteroatoms. The maximum atomic E-state index is 12.8. The van der Waals surface area contributed by atoms with Crippen molar-refractivity contribution >= 4 is 23.5 Å². The van der Waals surface area contributed by atoms with Crippen molar-refractivity contribution in [1.29, 1.82) is 0 Å². The summed E-state index contributed by atoms with van der Waals surface area (Å²) in [7, 11) is 0. The van der Waals surface area contributed by atoms with Crippen LogP contribution in [0, 0.1) is 11.8 Å². The fourth-order valence-corrected chi connectivity index (χ4v) is 3.72. The van der Waals surface area contributed by atoms with Crippen LogP contribution in [0.25, 0.3) is 0 Å². The zero-order chi connectivity index (χ0) is 13.3. The Kier molecular flexibility index (Phi) is 2.26. The minimum atomic E-state index is -3.54. The smallest absolute Gasteiger partial charge is 0.377 e. The van der Waals surface area contributed by atoms with E-state index in [1.54, 1.807) is 0 Å². The highest BCUT2D eigenvalue weighted by atomic mass is 35.5. The summed E-state index contributed by atoms with van der Waals surface area (Å²) in [5.74, 6) is -6.05. The van der Waals surface area contributed by atoms with E-state index in [4.69, 9.17) is 21.1 Å². The summed E-state index contributed by atoms with van der Waals surface area (Å²) in [5.41, 5.74) is 0.